The molecule has 8 heteroatoms. The fourth-order valence-electron chi connectivity index (χ4n) is 3.13. The Labute approximate surface area is 167 Å². The molecule has 1 N–H and O–H groups in total. The van der Waals surface area contributed by atoms with E-state index in [4.69, 9.17) is 32.7 Å². The van der Waals surface area contributed by atoms with E-state index in [9.17, 15) is 9.90 Å². The van der Waals surface area contributed by atoms with Crippen molar-refractivity contribution < 1.29 is 19.4 Å². The van der Waals surface area contributed by atoms with Gasteiger partial charge in [0.15, 0.2) is 0 Å². The van der Waals surface area contributed by atoms with Crippen LogP contribution in [0.25, 0.3) is 0 Å². The van der Waals surface area contributed by atoms with Crippen LogP contribution in [0.2, 0.25) is 10.0 Å². The number of carbonyl (C=O) groups excluding carboxylic acids is 1. The minimum Gasteiger partial charge on any atom is -0.496 e. The fraction of sp³-hybridized carbons (Fsp3) is 0.368. The van der Waals surface area contributed by atoms with Crippen LogP contribution in [0, 0.1) is 0 Å². The van der Waals surface area contributed by atoms with Gasteiger partial charge in [-0.2, -0.15) is 0 Å². The number of amides is 1. The quantitative estimate of drug-likeness (QED) is 0.820. The van der Waals surface area contributed by atoms with Gasteiger partial charge in [-0.1, -0.05) is 29.3 Å². The summed E-state index contributed by atoms with van der Waals surface area (Å²) in [6.45, 7) is 1.04. The Bertz CT molecular complexity index is 818. The number of aliphatic hydroxyl groups excluding tert-OH is 1. The topological polar surface area (TPSA) is 71.9 Å². The summed E-state index contributed by atoms with van der Waals surface area (Å²) in [4.78, 5) is 18.6. The summed E-state index contributed by atoms with van der Waals surface area (Å²) in [6.07, 6.45) is 2.30. The number of ether oxygens (including phenoxy) is 2. The Kier molecular flexibility index (Phi) is 6.55. The highest BCUT2D eigenvalue weighted by atomic mass is 35.5. The van der Waals surface area contributed by atoms with E-state index in [1.54, 1.807) is 41.6 Å². The summed E-state index contributed by atoms with van der Waals surface area (Å²) in [5.74, 6) is 0.392. The van der Waals surface area contributed by atoms with Crippen LogP contribution in [0.3, 0.4) is 0 Å². The number of halogens is 2. The van der Waals surface area contributed by atoms with Crippen molar-refractivity contribution in [1.82, 2.24) is 9.88 Å². The van der Waals surface area contributed by atoms with Crippen molar-refractivity contribution in [2.75, 3.05) is 26.9 Å². The highest BCUT2D eigenvalue weighted by Gasteiger charge is 2.34. The minimum absolute atomic E-state index is 0.122. The molecule has 2 heterocycles. The van der Waals surface area contributed by atoms with Crippen LogP contribution in [0.4, 0.5) is 0 Å². The third-order valence-corrected chi connectivity index (χ3v) is 5.28. The lowest BCUT2D eigenvalue weighted by Crippen LogP contribution is -2.52. The van der Waals surface area contributed by atoms with Crippen molar-refractivity contribution in [3.8, 4) is 5.75 Å². The molecular weight excluding hydrogens is 391 g/mol. The smallest absolute Gasteiger partial charge is 0.227 e. The van der Waals surface area contributed by atoms with Crippen molar-refractivity contribution in [2.45, 2.75) is 18.6 Å². The van der Waals surface area contributed by atoms with Crippen molar-refractivity contribution in [1.29, 1.82) is 0 Å². The van der Waals surface area contributed by atoms with Gasteiger partial charge in [-0.3, -0.25) is 9.78 Å². The zero-order valence-electron chi connectivity index (χ0n) is 14.8. The Hall–Kier alpha value is -1.86. The van der Waals surface area contributed by atoms with Crippen LogP contribution < -0.4 is 4.74 Å². The molecule has 1 fully saturated rings. The van der Waals surface area contributed by atoms with E-state index in [1.807, 2.05) is 0 Å². The molecule has 1 saturated heterocycles. The van der Waals surface area contributed by atoms with E-state index < -0.39 is 12.1 Å². The summed E-state index contributed by atoms with van der Waals surface area (Å²) in [5, 5.41) is 11.7. The maximum atomic E-state index is 12.9. The molecule has 1 aliphatic heterocycles. The number of carbonyl (C=O) groups is 1. The zero-order chi connectivity index (χ0) is 19.4. The van der Waals surface area contributed by atoms with Gasteiger partial charge in [0.2, 0.25) is 5.91 Å². The zero-order valence-corrected chi connectivity index (χ0v) is 16.3. The second-order valence-corrected chi connectivity index (χ2v) is 7.03. The van der Waals surface area contributed by atoms with Gasteiger partial charge in [0.05, 0.1) is 42.8 Å². The number of aromatic nitrogens is 1. The highest BCUT2D eigenvalue weighted by Crippen LogP contribution is 2.30. The number of pyridine rings is 1. The summed E-state index contributed by atoms with van der Waals surface area (Å²) >= 11 is 12.0. The number of morpholine rings is 1. The maximum Gasteiger partial charge on any atom is 0.227 e. The predicted molar refractivity (Wildman–Crippen MR) is 102 cm³/mol. The lowest BCUT2D eigenvalue weighted by molar-refractivity contribution is -0.144. The number of nitrogens with zero attached hydrogens (tertiary/aromatic N) is 2. The molecule has 6 nitrogen and oxygen atoms in total. The van der Waals surface area contributed by atoms with Gasteiger partial charge in [-0.15, -0.1) is 0 Å². The average molecular weight is 411 g/mol. The third kappa shape index (κ3) is 4.52. The number of aliphatic hydroxyl groups is 1. The number of hydrogen-bond donors (Lipinski definition) is 1. The predicted octanol–water partition coefficient (Wildman–Crippen LogP) is 2.90. The molecule has 1 amide bonds. The molecule has 3 rings (SSSR count). The van der Waals surface area contributed by atoms with Crippen LogP contribution in [0.1, 0.15) is 17.2 Å². The third-order valence-electron chi connectivity index (χ3n) is 4.54. The fourth-order valence-corrected chi connectivity index (χ4v) is 3.45. The molecule has 2 aromatic rings. The minimum atomic E-state index is -0.980. The monoisotopic (exact) mass is 410 g/mol. The van der Waals surface area contributed by atoms with Crippen LogP contribution in [0.5, 0.6) is 5.75 Å². The van der Waals surface area contributed by atoms with Crippen LogP contribution in [-0.2, 0) is 16.0 Å². The molecule has 0 aliphatic carbocycles. The number of rotatable bonds is 5. The lowest BCUT2D eigenvalue weighted by atomic mass is 10.00. The molecule has 144 valence electrons. The standard InChI is InChI=1S/C19H20Cl2N2O4/c1-26-17-4-5-22-10-13(17)19(25)16-11-27-7-6-23(16)18(24)9-12-2-3-14(20)15(21)8-12/h2-5,8,10,16,19,25H,6-7,9,11H2,1H3/t16-,19+/m1/s1. The van der Waals surface area contributed by atoms with Crippen molar-refractivity contribution in [3.05, 3.63) is 57.8 Å². The molecular formula is C19H20Cl2N2O4. The second-order valence-electron chi connectivity index (χ2n) is 6.22. The molecule has 0 unspecified atom stereocenters. The van der Waals surface area contributed by atoms with E-state index >= 15 is 0 Å². The van der Waals surface area contributed by atoms with Crippen molar-refractivity contribution >= 4 is 29.1 Å². The first-order valence-corrected chi connectivity index (χ1v) is 9.24. The van der Waals surface area contributed by atoms with Crippen molar-refractivity contribution in [2.24, 2.45) is 0 Å². The van der Waals surface area contributed by atoms with Gasteiger partial charge in [-0.25, -0.2) is 0 Å². The van der Waals surface area contributed by atoms with E-state index in [2.05, 4.69) is 4.98 Å². The molecule has 2 atom stereocenters. The van der Waals surface area contributed by atoms with Crippen LogP contribution >= 0.6 is 23.2 Å². The Morgan fingerprint density at radius 2 is 2.22 bits per heavy atom. The van der Waals surface area contributed by atoms with Crippen LogP contribution in [0.15, 0.2) is 36.7 Å². The summed E-state index contributed by atoms with van der Waals surface area (Å²) in [7, 11) is 1.52. The average Bonchev–Trinajstić information content (AvgIpc) is 2.70. The van der Waals surface area contributed by atoms with E-state index in [0.29, 0.717) is 34.5 Å². The molecule has 1 aromatic heterocycles. The van der Waals surface area contributed by atoms with Gasteiger partial charge in [0.1, 0.15) is 11.9 Å². The van der Waals surface area contributed by atoms with Gasteiger partial charge in [0.25, 0.3) is 0 Å². The van der Waals surface area contributed by atoms with E-state index in [1.165, 1.54) is 7.11 Å². The number of hydrogen-bond acceptors (Lipinski definition) is 5. The molecule has 1 aromatic carbocycles. The summed E-state index contributed by atoms with van der Waals surface area (Å²) in [5.41, 5.74) is 1.27. The summed E-state index contributed by atoms with van der Waals surface area (Å²) < 4.78 is 10.8. The summed E-state index contributed by atoms with van der Waals surface area (Å²) in [6, 6.07) is 6.25. The lowest BCUT2D eigenvalue weighted by Gasteiger charge is -2.38. The second kappa shape index (κ2) is 8.89. The molecule has 0 radical (unpaired) electrons. The van der Waals surface area contributed by atoms with E-state index in [0.717, 1.165) is 5.56 Å². The number of benzene rings is 1. The first-order chi connectivity index (χ1) is 13.0. The molecule has 27 heavy (non-hydrogen) atoms. The SMILES string of the molecule is COc1ccncc1[C@H](O)[C@H]1COCCN1C(=O)Cc1ccc(Cl)c(Cl)c1. The molecule has 1 aliphatic rings. The first-order valence-electron chi connectivity index (χ1n) is 8.48. The van der Waals surface area contributed by atoms with E-state index in [-0.39, 0.29) is 18.9 Å². The Balaban J connectivity index is 1.80. The largest absolute Gasteiger partial charge is 0.496 e. The Morgan fingerprint density at radius 1 is 1.41 bits per heavy atom. The number of methoxy groups -OCH3 is 1. The van der Waals surface area contributed by atoms with Gasteiger partial charge in [0, 0.05) is 24.5 Å². The maximum absolute atomic E-state index is 12.9. The van der Waals surface area contributed by atoms with Crippen LogP contribution in [-0.4, -0.2) is 53.8 Å². The normalized spacial score (nSPS) is 18.2. The molecule has 0 spiro atoms. The Morgan fingerprint density at radius 3 is 2.96 bits per heavy atom. The van der Waals surface area contributed by atoms with Gasteiger partial charge >= 0.3 is 0 Å². The first kappa shape index (κ1) is 19.9. The molecule has 0 saturated carbocycles. The van der Waals surface area contributed by atoms with Gasteiger partial charge in [-0.05, 0) is 23.8 Å². The molecule has 0 bridgehead atoms. The highest BCUT2D eigenvalue weighted by molar-refractivity contribution is 6.42. The van der Waals surface area contributed by atoms with Crippen molar-refractivity contribution in [3.63, 3.8) is 0 Å². The van der Waals surface area contributed by atoms with Gasteiger partial charge < -0.3 is 19.5 Å².